The zero-order valence-corrected chi connectivity index (χ0v) is 8.38. The van der Waals surface area contributed by atoms with Crippen LogP contribution in [0.2, 0.25) is 0 Å². The van der Waals surface area contributed by atoms with Gasteiger partial charge in [-0.15, -0.1) is 11.3 Å². The molecule has 0 saturated heterocycles. The molecule has 0 unspecified atom stereocenters. The summed E-state index contributed by atoms with van der Waals surface area (Å²) in [6.45, 7) is 8.68. The predicted octanol–water partition coefficient (Wildman–Crippen LogP) is 2.94. The fraction of sp³-hybridized carbons (Fsp3) is 0.556. The molecule has 0 aliphatic heterocycles. The van der Waals surface area contributed by atoms with Gasteiger partial charge < -0.3 is 5.73 Å². The molecular formula is C9H15NS. The summed E-state index contributed by atoms with van der Waals surface area (Å²) in [6, 6.07) is 2.08. The van der Waals surface area contributed by atoms with E-state index in [1.165, 1.54) is 9.75 Å². The molecule has 1 nitrogen and oxygen atoms in total. The van der Waals surface area contributed by atoms with Crippen LogP contribution < -0.4 is 5.73 Å². The van der Waals surface area contributed by atoms with Crippen molar-refractivity contribution >= 4 is 17.0 Å². The van der Waals surface area contributed by atoms with Crippen molar-refractivity contribution in [2.24, 2.45) is 0 Å². The standard InChI is InChI=1S/C9H15NS/c1-6-7(10)5-8(11-6)9(2,3)4/h5H,10H2,1-4H3. The molecule has 0 radical (unpaired) electrons. The van der Waals surface area contributed by atoms with Gasteiger partial charge in [0, 0.05) is 15.4 Å². The number of aryl methyl sites for hydroxylation is 1. The largest absolute Gasteiger partial charge is 0.398 e. The van der Waals surface area contributed by atoms with Crippen LogP contribution in [0.1, 0.15) is 30.5 Å². The monoisotopic (exact) mass is 169 g/mol. The van der Waals surface area contributed by atoms with E-state index in [4.69, 9.17) is 5.73 Å². The molecule has 0 fully saturated rings. The Morgan fingerprint density at radius 1 is 1.36 bits per heavy atom. The van der Waals surface area contributed by atoms with Gasteiger partial charge in [0.15, 0.2) is 0 Å². The highest BCUT2D eigenvalue weighted by Crippen LogP contribution is 2.32. The third kappa shape index (κ3) is 1.74. The fourth-order valence-electron chi connectivity index (χ4n) is 0.866. The fourth-order valence-corrected chi connectivity index (χ4v) is 1.86. The Hall–Kier alpha value is -0.500. The molecule has 0 bridgehead atoms. The highest BCUT2D eigenvalue weighted by atomic mass is 32.1. The second kappa shape index (κ2) is 2.52. The van der Waals surface area contributed by atoms with Crippen LogP contribution in [0.3, 0.4) is 0 Å². The molecule has 62 valence electrons. The Labute approximate surface area is 72.2 Å². The van der Waals surface area contributed by atoms with Gasteiger partial charge in [0.05, 0.1) is 0 Å². The van der Waals surface area contributed by atoms with E-state index in [9.17, 15) is 0 Å². The maximum atomic E-state index is 5.75. The molecule has 0 aliphatic rings. The highest BCUT2D eigenvalue weighted by Gasteiger charge is 2.16. The molecule has 11 heavy (non-hydrogen) atoms. The van der Waals surface area contributed by atoms with Gasteiger partial charge in [-0.25, -0.2) is 0 Å². The summed E-state index contributed by atoms with van der Waals surface area (Å²) < 4.78 is 0. The maximum Gasteiger partial charge on any atom is 0.0455 e. The summed E-state index contributed by atoms with van der Waals surface area (Å²) >= 11 is 1.80. The van der Waals surface area contributed by atoms with Crippen LogP contribution in [-0.2, 0) is 5.41 Å². The minimum Gasteiger partial charge on any atom is -0.398 e. The molecule has 0 saturated carbocycles. The van der Waals surface area contributed by atoms with Crippen LogP contribution in [0.25, 0.3) is 0 Å². The lowest BCUT2D eigenvalue weighted by molar-refractivity contribution is 0.604. The molecule has 0 amide bonds. The molecule has 2 N–H and O–H groups in total. The van der Waals surface area contributed by atoms with Crippen molar-refractivity contribution < 1.29 is 0 Å². The van der Waals surface area contributed by atoms with E-state index < -0.39 is 0 Å². The van der Waals surface area contributed by atoms with Crippen LogP contribution in [0.5, 0.6) is 0 Å². The van der Waals surface area contributed by atoms with Crippen molar-refractivity contribution in [1.82, 2.24) is 0 Å². The lowest BCUT2D eigenvalue weighted by atomic mass is 9.95. The second-order valence-corrected chi connectivity index (χ2v) is 5.13. The number of thiophene rings is 1. The summed E-state index contributed by atoms with van der Waals surface area (Å²) in [7, 11) is 0. The van der Waals surface area contributed by atoms with Crippen molar-refractivity contribution in [1.29, 1.82) is 0 Å². The first-order valence-corrected chi connectivity index (χ1v) is 4.59. The minimum absolute atomic E-state index is 0.243. The summed E-state index contributed by atoms with van der Waals surface area (Å²) in [5, 5.41) is 0. The van der Waals surface area contributed by atoms with E-state index in [2.05, 4.69) is 33.8 Å². The number of rotatable bonds is 0. The molecule has 0 aliphatic carbocycles. The predicted molar refractivity (Wildman–Crippen MR) is 52.2 cm³/mol. The SMILES string of the molecule is Cc1sc(C(C)(C)C)cc1N. The molecule has 0 atom stereocenters. The first-order valence-electron chi connectivity index (χ1n) is 3.77. The molecule has 1 aromatic heterocycles. The van der Waals surface area contributed by atoms with E-state index in [1.807, 2.05) is 0 Å². The van der Waals surface area contributed by atoms with Crippen LogP contribution in [-0.4, -0.2) is 0 Å². The average molecular weight is 169 g/mol. The van der Waals surface area contributed by atoms with E-state index in [0.29, 0.717) is 0 Å². The molecule has 2 heteroatoms. The first kappa shape index (κ1) is 8.60. The Balaban J connectivity index is 3.08. The third-order valence-corrected chi connectivity index (χ3v) is 3.19. The molecule has 0 spiro atoms. The zero-order valence-electron chi connectivity index (χ0n) is 7.56. The number of nitrogens with two attached hydrogens (primary N) is 1. The topological polar surface area (TPSA) is 26.0 Å². The van der Waals surface area contributed by atoms with Crippen molar-refractivity contribution in [2.45, 2.75) is 33.1 Å². The number of anilines is 1. The van der Waals surface area contributed by atoms with Crippen LogP contribution in [0, 0.1) is 6.92 Å². The average Bonchev–Trinajstić information content (AvgIpc) is 2.11. The van der Waals surface area contributed by atoms with Gasteiger partial charge in [-0.05, 0) is 18.4 Å². The van der Waals surface area contributed by atoms with Gasteiger partial charge >= 0.3 is 0 Å². The molecule has 1 aromatic rings. The Kier molecular flexibility index (Phi) is 1.97. The van der Waals surface area contributed by atoms with Crippen LogP contribution in [0.4, 0.5) is 5.69 Å². The quantitative estimate of drug-likeness (QED) is 0.635. The third-order valence-electron chi connectivity index (χ3n) is 1.70. The van der Waals surface area contributed by atoms with Gasteiger partial charge in [0.25, 0.3) is 0 Å². The summed E-state index contributed by atoms with van der Waals surface area (Å²) in [5.74, 6) is 0. The van der Waals surface area contributed by atoms with E-state index in [0.717, 1.165) is 5.69 Å². The summed E-state index contributed by atoms with van der Waals surface area (Å²) in [4.78, 5) is 2.60. The molecule has 0 aromatic carbocycles. The molecular weight excluding hydrogens is 154 g/mol. The van der Waals surface area contributed by atoms with Gasteiger partial charge in [-0.2, -0.15) is 0 Å². The first-order chi connectivity index (χ1) is 4.91. The highest BCUT2D eigenvalue weighted by molar-refractivity contribution is 7.12. The lowest BCUT2D eigenvalue weighted by Gasteiger charge is -2.14. The minimum atomic E-state index is 0.243. The summed E-state index contributed by atoms with van der Waals surface area (Å²) in [6.07, 6.45) is 0. The van der Waals surface area contributed by atoms with Crippen molar-refractivity contribution in [3.05, 3.63) is 15.8 Å². The van der Waals surface area contributed by atoms with Crippen LogP contribution in [0.15, 0.2) is 6.07 Å². The van der Waals surface area contributed by atoms with Gasteiger partial charge in [-0.3, -0.25) is 0 Å². The van der Waals surface area contributed by atoms with Gasteiger partial charge in [0.1, 0.15) is 0 Å². The second-order valence-electron chi connectivity index (χ2n) is 3.87. The van der Waals surface area contributed by atoms with E-state index in [-0.39, 0.29) is 5.41 Å². The Morgan fingerprint density at radius 3 is 2.09 bits per heavy atom. The van der Waals surface area contributed by atoms with Crippen molar-refractivity contribution in [2.75, 3.05) is 5.73 Å². The number of hydrogen-bond acceptors (Lipinski definition) is 2. The van der Waals surface area contributed by atoms with Crippen molar-refractivity contribution in [3.63, 3.8) is 0 Å². The van der Waals surface area contributed by atoms with Gasteiger partial charge in [0.2, 0.25) is 0 Å². The number of hydrogen-bond donors (Lipinski definition) is 1. The molecule has 1 rings (SSSR count). The smallest absolute Gasteiger partial charge is 0.0455 e. The Morgan fingerprint density at radius 2 is 1.91 bits per heavy atom. The van der Waals surface area contributed by atoms with Crippen LogP contribution >= 0.6 is 11.3 Å². The lowest BCUT2D eigenvalue weighted by Crippen LogP contribution is -2.07. The summed E-state index contributed by atoms with van der Waals surface area (Å²) in [5.41, 5.74) is 6.92. The van der Waals surface area contributed by atoms with Gasteiger partial charge in [-0.1, -0.05) is 20.8 Å². The van der Waals surface area contributed by atoms with Crippen molar-refractivity contribution in [3.8, 4) is 0 Å². The molecule has 1 heterocycles. The Bertz CT molecular complexity index is 236. The maximum absolute atomic E-state index is 5.75. The van der Waals surface area contributed by atoms with E-state index >= 15 is 0 Å². The normalized spacial score (nSPS) is 12.0. The van der Waals surface area contributed by atoms with E-state index in [1.54, 1.807) is 11.3 Å². The number of nitrogen functional groups attached to an aromatic ring is 1. The zero-order chi connectivity index (χ0) is 8.65.